The monoisotopic (exact) mass is 237 g/mol. The van der Waals surface area contributed by atoms with Crippen LogP contribution in [0, 0.1) is 0 Å². The van der Waals surface area contributed by atoms with Crippen LogP contribution < -0.4 is 5.32 Å². The zero-order chi connectivity index (χ0) is 12.4. The maximum atomic E-state index is 12.0. The van der Waals surface area contributed by atoms with Crippen LogP contribution >= 0.6 is 0 Å². The van der Waals surface area contributed by atoms with Gasteiger partial charge in [-0.05, 0) is 12.1 Å². The van der Waals surface area contributed by atoms with Gasteiger partial charge in [-0.25, -0.2) is 4.79 Å². The van der Waals surface area contributed by atoms with Crippen molar-refractivity contribution >= 4 is 17.8 Å². The quantitative estimate of drug-likeness (QED) is 0.616. The molecule has 17 heavy (non-hydrogen) atoms. The fraction of sp³-hybridized carbons (Fsp3) is 0.300. The molecule has 2 heterocycles. The third-order valence-electron chi connectivity index (χ3n) is 2.56. The molecular weight excluding hydrogens is 226 g/mol. The predicted molar refractivity (Wildman–Crippen MR) is 56.3 cm³/mol. The first kappa shape index (κ1) is 11.2. The van der Waals surface area contributed by atoms with Gasteiger partial charge in [0.05, 0.1) is 0 Å². The van der Waals surface area contributed by atoms with Crippen molar-refractivity contribution in [1.82, 2.24) is 15.2 Å². The molecule has 1 aromatic heterocycles. The average molecular weight is 237 g/mol. The maximum Gasteiger partial charge on any atom is 0.328 e. The number of aromatic amines is 1. The lowest BCUT2D eigenvalue weighted by atomic mass is 10.1. The minimum Gasteiger partial charge on any atom is -0.480 e. The molecular formula is C10H11N3O4. The van der Waals surface area contributed by atoms with Gasteiger partial charge < -0.3 is 20.3 Å². The second kappa shape index (κ2) is 4.28. The molecule has 0 aliphatic carbocycles. The number of amides is 2. The summed E-state index contributed by atoms with van der Waals surface area (Å²) in [4.78, 5) is 37.9. The van der Waals surface area contributed by atoms with Crippen LogP contribution in [0.15, 0.2) is 18.3 Å². The summed E-state index contributed by atoms with van der Waals surface area (Å²) < 4.78 is 0. The van der Waals surface area contributed by atoms with Crippen LogP contribution in [0.5, 0.6) is 0 Å². The number of nitrogens with one attached hydrogen (secondary N) is 2. The second-order valence-electron chi connectivity index (χ2n) is 3.67. The Hall–Kier alpha value is -2.31. The Morgan fingerprint density at radius 3 is 2.82 bits per heavy atom. The number of carboxylic acid groups (broad SMARTS) is 1. The Bertz CT molecular complexity index is 454. The van der Waals surface area contributed by atoms with E-state index < -0.39 is 17.9 Å². The van der Waals surface area contributed by atoms with E-state index in [9.17, 15) is 14.4 Å². The molecule has 0 bridgehead atoms. The number of H-pyrrole nitrogens is 1. The van der Waals surface area contributed by atoms with Gasteiger partial charge in [0.2, 0.25) is 5.91 Å². The van der Waals surface area contributed by atoms with Crippen LogP contribution in [0.1, 0.15) is 10.5 Å². The molecule has 0 radical (unpaired) electrons. The molecule has 7 heteroatoms. The van der Waals surface area contributed by atoms with E-state index in [2.05, 4.69) is 10.3 Å². The van der Waals surface area contributed by atoms with Crippen molar-refractivity contribution in [2.45, 2.75) is 6.04 Å². The van der Waals surface area contributed by atoms with Gasteiger partial charge in [0, 0.05) is 12.7 Å². The van der Waals surface area contributed by atoms with Crippen LogP contribution in [0.25, 0.3) is 0 Å². The van der Waals surface area contributed by atoms with Gasteiger partial charge >= 0.3 is 5.97 Å². The number of hydrogen-bond acceptors (Lipinski definition) is 3. The third kappa shape index (κ3) is 2.12. The number of carboxylic acids is 1. The largest absolute Gasteiger partial charge is 0.480 e. The zero-order valence-corrected chi connectivity index (χ0v) is 8.84. The summed E-state index contributed by atoms with van der Waals surface area (Å²) in [5.74, 6) is -1.98. The number of nitrogens with zero attached hydrogens (tertiary/aromatic N) is 1. The highest BCUT2D eigenvalue weighted by atomic mass is 16.4. The third-order valence-corrected chi connectivity index (χ3v) is 2.56. The number of rotatable bonds is 2. The Morgan fingerprint density at radius 1 is 1.47 bits per heavy atom. The first-order valence-corrected chi connectivity index (χ1v) is 5.03. The Balaban J connectivity index is 2.23. The molecule has 0 aromatic carbocycles. The number of hydrogen-bond donors (Lipinski definition) is 3. The number of aromatic nitrogens is 1. The minimum atomic E-state index is -1.13. The molecule has 90 valence electrons. The number of carbonyl (C=O) groups is 3. The number of carbonyl (C=O) groups excluding carboxylic acids is 2. The van der Waals surface area contributed by atoms with Gasteiger partial charge in [-0.15, -0.1) is 0 Å². The molecule has 3 N–H and O–H groups in total. The normalized spacial score (nSPS) is 19.9. The molecule has 0 saturated carbocycles. The molecule has 1 atom stereocenters. The lowest BCUT2D eigenvalue weighted by Crippen LogP contribution is -2.59. The molecule has 7 nitrogen and oxygen atoms in total. The summed E-state index contributed by atoms with van der Waals surface area (Å²) in [5.41, 5.74) is 0.269. The zero-order valence-electron chi connectivity index (χ0n) is 8.84. The van der Waals surface area contributed by atoms with E-state index in [1.807, 2.05) is 0 Å². The Morgan fingerprint density at radius 2 is 2.24 bits per heavy atom. The van der Waals surface area contributed by atoms with E-state index in [-0.39, 0.29) is 24.7 Å². The lowest BCUT2D eigenvalue weighted by molar-refractivity contribution is -0.144. The lowest BCUT2D eigenvalue weighted by Gasteiger charge is -2.32. The molecule has 1 fully saturated rings. The molecule has 1 aliphatic heterocycles. The van der Waals surface area contributed by atoms with Gasteiger partial charge in [-0.2, -0.15) is 0 Å². The highest BCUT2D eigenvalue weighted by molar-refractivity contribution is 5.98. The van der Waals surface area contributed by atoms with Crippen molar-refractivity contribution in [3.63, 3.8) is 0 Å². The van der Waals surface area contributed by atoms with Gasteiger partial charge in [0.15, 0.2) is 0 Å². The molecule has 0 spiro atoms. The van der Waals surface area contributed by atoms with Crippen LogP contribution in [0.2, 0.25) is 0 Å². The maximum absolute atomic E-state index is 12.0. The van der Waals surface area contributed by atoms with E-state index in [4.69, 9.17) is 5.11 Å². The highest BCUT2D eigenvalue weighted by Gasteiger charge is 2.35. The summed E-state index contributed by atoms with van der Waals surface area (Å²) in [6.45, 7) is -0.310. The summed E-state index contributed by atoms with van der Waals surface area (Å²) in [7, 11) is 0. The Kier molecular flexibility index (Phi) is 2.82. The van der Waals surface area contributed by atoms with Gasteiger partial charge in [-0.1, -0.05) is 0 Å². The van der Waals surface area contributed by atoms with Crippen molar-refractivity contribution < 1.29 is 19.5 Å². The molecule has 1 unspecified atom stereocenters. The van der Waals surface area contributed by atoms with E-state index in [0.29, 0.717) is 0 Å². The van der Waals surface area contributed by atoms with Crippen molar-refractivity contribution in [2.24, 2.45) is 0 Å². The van der Waals surface area contributed by atoms with E-state index in [1.54, 1.807) is 12.3 Å². The van der Waals surface area contributed by atoms with E-state index in [1.165, 1.54) is 6.07 Å². The molecule has 2 amide bonds. The fourth-order valence-corrected chi connectivity index (χ4v) is 1.69. The van der Waals surface area contributed by atoms with Crippen molar-refractivity contribution in [3.8, 4) is 0 Å². The van der Waals surface area contributed by atoms with Crippen LogP contribution in [0.4, 0.5) is 0 Å². The van der Waals surface area contributed by atoms with Crippen molar-refractivity contribution in [3.05, 3.63) is 24.0 Å². The SMILES string of the molecule is O=C1CN(C(=O)c2ccc[nH]2)C(C(=O)O)CN1. The minimum absolute atomic E-state index is 0.0688. The summed E-state index contributed by atoms with van der Waals surface area (Å²) in [6.07, 6.45) is 1.56. The molecule has 1 aromatic rings. The van der Waals surface area contributed by atoms with Crippen LogP contribution in [-0.4, -0.2) is 51.9 Å². The van der Waals surface area contributed by atoms with E-state index in [0.717, 1.165) is 4.90 Å². The Labute approximate surface area is 96.4 Å². The first-order chi connectivity index (χ1) is 8.09. The molecule has 1 saturated heterocycles. The second-order valence-corrected chi connectivity index (χ2v) is 3.67. The summed E-state index contributed by atoms with van der Waals surface area (Å²) >= 11 is 0. The van der Waals surface area contributed by atoms with Gasteiger partial charge in [0.1, 0.15) is 18.3 Å². The van der Waals surface area contributed by atoms with Crippen molar-refractivity contribution in [2.75, 3.05) is 13.1 Å². The van der Waals surface area contributed by atoms with Crippen molar-refractivity contribution in [1.29, 1.82) is 0 Å². The predicted octanol–water partition coefficient (Wildman–Crippen LogP) is -0.960. The number of piperazine rings is 1. The smallest absolute Gasteiger partial charge is 0.328 e. The molecule has 1 aliphatic rings. The molecule has 2 rings (SSSR count). The van der Waals surface area contributed by atoms with Crippen LogP contribution in [-0.2, 0) is 9.59 Å². The standard InChI is InChI=1S/C10H11N3O4/c14-8-5-13(7(4-12-8)10(16)17)9(15)6-2-1-3-11-6/h1-3,7,11H,4-5H2,(H,12,14)(H,16,17). The van der Waals surface area contributed by atoms with Crippen LogP contribution in [0.3, 0.4) is 0 Å². The highest BCUT2D eigenvalue weighted by Crippen LogP contribution is 2.09. The average Bonchev–Trinajstić information content (AvgIpc) is 2.80. The summed E-state index contributed by atoms with van der Waals surface area (Å²) in [6, 6.07) is 2.14. The fourth-order valence-electron chi connectivity index (χ4n) is 1.69. The van der Waals surface area contributed by atoms with Gasteiger partial charge in [-0.3, -0.25) is 9.59 Å². The number of aliphatic carboxylic acids is 1. The summed E-state index contributed by atoms with van der Waals surface area (Å²) in [5, 5.41) is 11.4. The van der Waals surface area contributed by atoms with Gasteiger partial charge in [0.25, 0.3) is 5.91 Å². The topological polar surface area (TPSA) is 103 Å². The van der Waals surface area contributed by atoms with E-state index >= 15 is 0 Å². The first-order valence-electron chi connectivity index (χ1n) is 5.03.